The highest BCUT2D eigenvalue weighted by Gasteiger charge is 2.18. The molecule has 0 heterocycles. The zero-order chi connectivity index (χ0) is 9.02. The summed E-state index contributed by atoms with van der Waals surface area (Å²) in [6, 6.07) is 0. The van der Waals surface area contributed by atoms with Gasteiger partial charge in [-0.15, -0.1) is 0 Å². The normalized spacial score (nSPS) is 10.7. The Morgan fingerprint density at radius 2 is 1.18 bits per heavy atom. The summed E-state index contributed by atoms with van der Waals surface area (Å²) in [6.07, 6.45) is 0. The van der Waals surface area contributed by atoms with E-state index in [2.05, 4.69) is 63.7 Å². The maximum Gasteiger partial charge on any atom is 0.183 e. The second kappa shape index (κ2) is 6.19. The van der Waals surface area contributed by atoms with Crippen LogP contribution in [0.15, 0.2) is 0 Å². The third-order valence-corrected chi connectivity index (χ3v) is 5.07. The first-order valence-corrected chi connectivity index (χ1v) is 7.02. The van der Waals surface area contributed by atoms with Gasteiger partial charge in [0.05, 0.1) is 0 Å². The molecule has 0 unspecified atom stereocenters. The Morgan fingerprint density at radius 3 is 1.36 bits per heavy atom. The second-order valence-corrected chi connectivity index (χ2v) is 8.81. The molecule has 2 nitrogen and oxygen atoms in total. The highest BCUT2D eigenvalue weighted by atomic mass is 79.9. The largest absolute Gasteiger partial charge is 0.292 e. The van der Waals surface area contributed by atoms with Crippen LogP contribution in [-0.4, -0.2) is 18.5 Å². The zero-order valence-electron chi connectivity index (χ0n) is 4.98. The van der Waals surface area contributed by atoms with Crippen molar-refractivity contribution in [3.05, 3.63) is 0 Å². The van der Waals surface area contributed by atoms with E-state index in [1.807, 2.05) is 0 Å². The minimum atomic E-state index is -0.420. The molecule has 0 saturated carbocycles. The van der Waals surface area contributed by atoms with Gasteiger partial charge in [-0.1, -0.05) is 63.7 Å². The highest BCUT2D eigenvalue weighted by molar-refractivity contribution is 9.25. The second-order valence-electron chi connectivity index (χ2n) is 1.45. The van der Waals surface area contributed by atoms with Crippen LogP contribution in [0.1, 0.15) is 0 Å². The van der Waals surface area contributed by atoms with Crippen molar-refractivity contribution in [1.29, 1.82) is 0 Å². The summed E-state index contributed by atoms with van der Waals surface area (Å²) in [6.45, 7) is 0. The van der Waals surface area contributed by atoms with E-state index in [1.165, 1.54) is 0 Å². The summed E-state index contributed by atoms with van der Waals surface area (Å²) in [5, 5.41) is 0. The molecule has 0 atom stereocenters. The number of halogens is 4. The summed E-state index contributed by atoms with van der Waals surface area (Å²) in [4.78, 5) is 21.8. The Morgan fingerprint density at radius 1 is 0.909 bits per heavy atom. The molecule has 7 heteroatoms. The van der Waals surface area contributed by atoms with Crippen molar-refractivity contribution in [2.45, 2.75) is 7.47 Å². The van der Waals surface area contributed by atoms with Gasteiger partial charge in [-0.2, -0.15) is 0 Å². The molecule has 0 saturated heterocycles. The molecule has 0 spiro atoms. The number of carbonyl (C=O) groups is 2. The Labute approximate surface area is 99.5 Å². The Bertz CT molecular complexity index is 151. The van der Waals surface area contributed by atoms with Crippen LogP contribution in [0.25, 0.3) is 0 Å². The van der Waals surface area contributed by atoms with E-state index in [0.717, 1.165) is 0 Å². The average Bonchev–Trinajstić information content (AvgIpc) is 1.87. The third-order valence-electron chi connectivity index (χ3n) is 0.643. The molecule has 11 heavy (non-hydrogen) atoms. The molecule has 0 rings (SSSR count). The van der Waals surface area contributed by atoms with Crippen LogP contribution >= 0.6 is 72.3 Å². The van der Waals surface area contributed by atoms with Gasteiger partial charge in [-0.3, -0.25) is 9.59 Å². The standard InChI is InChI=1S/C4H3Br4O2P/c5-1(6)3(9)11-4(10)2(7)8/h1-2,11H. The van der Waals surface area contributed by atoms with E-state index in [1.54, 1.807) is 0 Å². The topological polar surface area (TPSA) is 34.1 Å². The molecule has 0 fully saturated rings. The van der Waals surface area contributed by atoms with Gasteiger partial charge in [-0.25, -0.2) is 0 Å². The summed E-state index contributed by atoms with van der Waals surface area (Å²) >= 11 is 12.0. The zero-order valence-corrected chi connectivity index (χ0v) is 12.3. The first kappa shape index (κ1) is 12.7. The van der Waals surface area contributed by atoms with Crippen molar-refractivity contribution in [2.24, 2.45) is 0 Å². The summed E-state index contributed by atoms with van der Waals surface area (Å²) in [5.41, 5.74) is -0.308. The fourth-order valence-corrected chi connectivity index (χ4v) is 2.07. The smallest absolute Gasteiger partial charge is 0.183 e. The molecule has 0 amide bonds. The van der Waals surface area contributed by atoms with Crippen LogP contribution in [-0.2, 0) is 9.59 Å². The van der Waals surface area contributed by atoms with E-state index >= 15 is 0 Å². The maximum absolute atomic E-state index is 10.9. The molecule has 0 aliphatic heterocycles. The Hall–Kier alpha value is 1.69. The van der Waals surface area contributed by atoms with Crippen LogP contribution in [0.3, 0.4) is 0 Å². The Kier molecular flexibility index (Phi) is 7.14. The minimum absolute atomic E-state index is 0.154. The third kappa shape index (κ3) is 5.86. The van der Waals surface area contributed by atoms with Crippen LogP contribution in [0.2, 0.25) is 0 Å². The monoisotopic (exact) mass is 430 g/mol. The molecule has 0 bridgehead atoms. The molecule has 0 N–H and O–H groups in total. The van der Waals surface area contributed by atoms with Gasteiger partial charge in [0.25, 0.3) is 0 Å². The van der Waals surface area contributed by atoms with Gasteiger partial charge in [0, 0.05) is 8.58 Å². The maximum atomic E-state index is 10.9. The van der Waals surface area contributed by atoms with E-state index in [9.17, 15) is 9.59 Å². The number of rotatable bonds is 4. The molecule has 0 aliphatic rings. The lowest BCUT2D eigenvalue weighted by Crippen LogP contribution is -2.07. The number of alkyl halides is 4. The number of hydrogen-bond acceptors (Lipinski definition) is 2. The molecule has 0 aromatic rings. The summed E-state index contributed by atoms with van der Waals surface area (Å²) in [7, 11) is -0.325. The van der Waals surface area contributed by atoms with Crippen molar-refractivity contribution >= 4 is 83.3 Å². The molecule has 0 radical (unpaired) electrons. The van der Waals surface area contributed by atoms with E-state index in [0.29, 0.717) is 0 Å². The quantitative estimate of drug-likeness (QED) is 0.505. The summed E-state index contributed by atoms with van der Waals surface area (Å²) in [5.74, 6) is 0. The average molecular weight is 434 g/mol. The van der Waals surface area contributed by atoms with Gasteiger partial charge in [0.2, 0.25) is 0 Å². The fraction of sp³-hybridized carbons (Fsp3) is 0.500. The van der Waals surface area contributed by atoms with E-state index in [4.69, 9.17) is 0 Å². The Balaban J connectivity index is 3.86. The number of hydrogen-bond donors (Lipinski definition) is 0. The predicted octanol–water partition coefficient (Wildman–Crippen LogP) is 2.95. The summed E-state index contributed by atoms with van der Waals surface area (Å²) < 4.78 is -0.841. The SMILES string of the molecule is O=C(PC(=O)C(Br)Br)C(Br)Br. The van der Waals surface area contributed by atoms with Crippen molar-refractivity contribution in [3.8, 4) is 0 Å². The molecule has 0 aromatic carbocycles. The first-order valence-electron chi connectivity index (χ1n) is 2.36. The van der Waals surface area contributed by atoms with Crippen molar-refractivity contribution < 1.29 is 9.59 Å². The lowest BCUT2D eigenvalue weighted by Gasteiger charge is -2.00. The van der Waals surface area contributed by atoms with Crippen molar-refractivity contribution in [2.75, 3.05) is 0 Å². The molecule has 0 aromatic heterocycles. The van der Waals surface area contributed by atoms with Gasteiger partial charge < -0.3 is 0 Å². The van der Waals surface area contributed by atoms with Gasteiger partial charge in [-0.05, 0) is 0 Å². The van der Waals surface area contributed by atoms with E-state index < -0.39 is 7.47 Å². The van der Waals surface area contributed by atoms with Gasteiger partial charge in [0.1, 0.15) is 7.47 Å². The van der Waals surface area contributed by atoms with Crippen molar-refractivity contribution in [3.63, 3.8) is 0 Å². The van der Waals surface area contributed by atoms with Crippen LogP contribution in [0.5, 0.6) is 0 Å². The predicted molar refractivity (Wildman–Crippen MR) is 61.6 cm³/mol. The first-order chi connectivity index (χ1) is 4.95. The van der Waals surface area contributed by atoms with Crippen LogP contribution in [0.4, 0.5) is 0 Å². The molecular weight excluding hydrogens is 431 g/mol. The molecule has 0 aliphatic carbocycles. The van der Waals surface area contributed by atoms with Crippen LogP contribution in [0, 0.1) is 0 Å². The van der Waals surface area contributed by atoms with E-state index in [-0.39, 0.29) is 19.6 Å². The van der Waals surface area contributed by atoms with Crippen molar-refractivity contribution in [1.82, 2.24) is 0 Å². The lowest BCUT2D eigenvalue weighted by molar-refractivity contribution is -0.111. The van der Waals surface area contributed by atoms with Crippen LogP contribution < -0.4 is 0 Å². The van der Waals surface area contributed by atoms with Gasteiger partial charge >= 0.3 is 0 Å². The minimum Gasteiger partial charge on any atom is -0.292 e. The fourth-order valence-electron chi connectivity index (χ4n) is 0.231. The lowest BCUT2D eigenvalue weighted by atomic mass is 10.9. The molecular formula is C4H3Br4O2P. The number of carbonyl (C=O) groups excluding carboxylic acids is 2. The van der Waals surface area contributed by atoms with Gasteiger partial charge in [0.15, 0.2) is 11.0 Å². The highest BCUT2D eigenvalue weighted by Crippen LogP contribution is 2.28. The molecule has 64 valence electrons.